The molecule has 1 aromatic rings. The first-order valence-corrected chi connectivity index (χ1v) is 7.00. The summed E-state index contributed by atoms with van der Waals surface area (Å²) in [5.74, 6) is 1.71. The molecule has 1 saturated carbocycles. The Labute approximate surface area is 110 Å². The highest BCUT2D eigenvalue weighted by Gasteiger charge is 2.39. The molecule has 1 aliphatic carbocycles. The molecule has 0 aromatic carbocycles. The number of imidazole rings is 1. The second kappa shape index (κ2) is 5.85. The third-order valence-corrected chi connectivity index (χ3v) is 3.97. The van der Waals surface area contributed by atoms with Gasteiger partial charge in [-0.1, -0.05) is 20.3 Å². The third kappa shape index (κ3) is 2.75. The van der Waals surface area contributed by atoms with E-state index in [9.17, 15) is 0 Å². The number of ether oxygens (including phenoxy) is 1. The summed E-state index contributed by atoms with van der Waals surface area (Å²) in [7, 11) is 1.81. The molecule has 0 radical (unpaired) electrons. The number of hydrogen-bond acceptors (Lipinski definition) is 3. The van der Waals surface area contributed by atoms with Gasteiger partial charge in [-0.25, -0.2) is 4.98 Å². The van der Waals surface area contributed by atoms with E-state index in [-0.39, 0.29) is 5.60 Å². The van der Waals surface area contributed by atoms with Gasteiger partial charge in [-0.05, 0) is 31.7 Å². The van der Waals surface area contributed by atoms with Crippen LogP contribution in [0, 0.1) is 5.92 Å². The number of nitrogens with one attached hydrogen (secondary N) is 2. The molecule has 0 saturated heterocycles. The van der Waals surface area contributed by atoms with Gasteiger partial charge in [0.1, 0.15) is 11.4 Å². The normalized spacial score (nSPS) is 28.5. The Hall–Kier alpha value is -0.870. The van der Waals surface area contributed by atoms with Crippen LogP contribution in [0.2, 0.25) is 0 Å². The van der Waals surface area contributed by atoms with Gasteiger partial charge in [0.05, 0.1) is 0 Å². The van der Waals surface area contributed by atoms with Crippen LogP contribution in [0.25, 0.3) is 0 Å². The molecular weight excluding hydrogens is 226 g/mol. The topological polar surface area (TPSA) is 49.9 Å². The summed E-state index contributed by atoms with van der Waals surface area (Å²) in [6.45, 7) is 6.23. The Morgan fingerprint density at radius 1 is 1.61 bits per heavy atom. The summed E-state index contributed by atoms with van der Waals surface area (Å²) in [6.07, 6.45) is 6.59. The standard InChI is InChI=1S/C14H25N3O/c1-4-15-9-12-10-16-13(17-12)14(18-3)7-5-6-11(2)8-14/h10-11,15H,4-9H2,1-3H3,(H,16,17). The minimum Gasteiger partial charge on any atom is -0.370 e. The van der Waals surface area contributed by atoms with E-state index < -0.39 is 0 Å². The van der Waals surface area contributed by atoms with Crippen molar-refractivity contribution in [3.8, 4) is 0 Å². The maximum atomic E-state index is 5.84. The summed E-state index contributed by atoms with van der Waals surface area (Å²) in [5, 5.41) is 3.31. The summed E-state index contributed by atoms with van der Waals surface area (Å²) in [5.41, 5.74) is 0.948. The molecule has 4 heteroatoms. The van der Waals surface area contributed by atoms with Gasteiger partial charge in [-0.15, -0.1) is 0 Å². The Kier molecular flexibility index (Phi) is 4.40. The highest BCUT2D eigenvalue weighted by molar-refractivity contribution is 5.10. The zero-order valence-corrected chi connectivity index (χ0v) is 11.8. The molecule has 0 spiro atoms. The van der Waals surface area contributed by atoms with E-state index >= 15 is 0 Å². The molecule has 1 aromatic heterocycles. The van der Waals surface area contributed by atoms with Crippen LogP contribution in [0.3, 0.4) is 0 Å². The maximum absolute atomic E-state index is 5.84. The van der Waals surface area contributed by atoms with Crippen molar-refractivity contribution in [2.45, 2.75) is 51.7 Å². The van der Waals surface area contributed by atoms with E-state index in [1.165, 1.54) is 12.8 Å². The van der Waals surface area contributed by atoms with E-state index in [2.05, 4.69) is 29.1 Å². The SMILES string of the molecule is CCNCc1cnc(C2(OC)CCCC(C)C2)[nH]1. The summed E-state index contributed by atoms with van der Waals surface area (Å²) < 4.78 is 5.84. The van der Waals surface area contributed by atoms with Gasteiger partial charge in [0.2, 0.25) is 0 Å². The molecule has 2 unspecified atom stereocenters. The Balaban J connectivity index is 2.13. The Bertz CT molecular complexity index is 377. The minimum absolute atomic E-state index is 0.192. The number of methoxy groups -OCH3 is 1. The fourth-order valence-electron chi connectivity index (χ4n) is 2.94. The molecule has 0 amide bonds. The highest BCUT2D eigenvalue weighted by atomic mass is 16.5. The second-order valence-electron chi connectivity index (χ2n) is 5.44. The summed E-state index contributed by atoms with van der Waals surface area (Å²) in [4.78, 5) is 7.98. The first-order chi connectivity index (χ1) is 8.70. The van der Waals surface area contributed by atoms with Crippen LogP contribution in [0.15, 0.2) is 6.20 Å². The van der Waals surface area contributed by atoms with Crippen molar-refractivity contribution in [2.75, 3.05) is 13.7 Å². The average Bonchev–Trinajstić information content (AvgIpc) is 2.85. The largest absolute Gasteiger partial charge is 0.370 e. The van der Waals surface area contributed by atoms with Crippen LogP contribution in [-0.4, -0.2) is 23.6 Å². The molecule has 18 heavy (non-hydrogen) atoms. The molecule has 1 heterocycles. The van der Waals surface area contributed by atoms with Gasteiger partial charge >= 0.3 is 0 Å². The van der Waals surface area contributed by atoms with Gasteiger partial charge in [-0.3, -0.25) is 0 Å². The predicted molar refractivity (Wildman–Crippen MR) is 72.3 cm³/mol. The molecule has 2 N–H and O–H groups in total. The summed E-state index contributed by atoms with van der Waals surface area (Å²) >= 11 is 0. The lowest BCUT2D eigenvalue weighted by atomic mass is 9.78. The number of rotatable bonds is 5. The maximum Gasteiger partial charge on any atom is 0.138 e. The van der Waals surface area contributed by atoms with E-state index in [4.69, 9.17) is 4.74 Å². The number of hydrogen-bond donors (Lipinski definition) is 2. The van der Waals surface area contributed by atoms with Gasteiger partial charge in [0.15, 0.2) is 0 Å². The first-order valence-electron chi connectivity index (χ1n) is 7.00. The first kappa shape index (κ1) is 13.6. The van der Waals surface area contributed by atoms with Gasteiger partial charge in [-0.2, -0.15) is 0 Å². The van der Waals surface area contributed by atoms with E-state index in [1.54, 1.807) is 0 Å². The Morgan fingerprint density at radius 3 is 3.11 bits per heavy atom. The number of aromatic nitrogens is 2. The van der Waals surface area contributed by atoms with Gasteiger partial charge in [0.25, 0.3) is 0 Å². The molecule has 0 bridgehead atoms. The smallest absolute Gasteiger partial charge is 0.138 e. The fourth-order valence-corrected chi connectivity index (χ4v) is 2.94. The lowest BCUT2D eigenvalue weighted by Crippen LogP contribution is -2.35. The zero-order chi connectivity index (χ0) is 13.0. The van der Waals surface area contributed by atoms with Crippen LogP contribution in [0.4, 0.5) is 0 Å². The zero-order valence-electron chi connectivity index (χ0n) is 11.8. The number of aromatic amines is 1. The van der Waals surface area contributed by atoms with E-state index in [0.29, 0.717) is 5.92 Å². The van der Waals surface area contributed by atoms with Crippen molar-refractivity contribution in [2.24, 2.45) is 5.92 Å². The summed E-state index contributed by atoms with van der Waals surface area (Å²) in [6, 6.07) is 0. The number of nitrogens with zero attached hydrogens (tertiary/aromatic N) is 1. The van der Waals surface area contributed by atoms with Gasteiger partial charge < -0.3 is 15.0 Å². The lowest BCUT2D eigenvalue weighted by Gasteiger charge is -2.37. The molecule has 4 nitrogen and oxygen atoms in total. The van der Waals surface area contributed by atoms with Crippen molar-refractivity contribution >= 4 is 0 Å². The van der Waals surface area contributed by atoms with Crippen LogP contribution in [0.5, 0.6) is 0 Å². The van der Waals surface area contributed by atoms with Crippen molar-refractivity contribution in [3.05, 3.63) is 17.7 Å². The molecule has 102 valence electrons. The minimum atomic E-state index is -0.192. The van der Waals surface area contributed by atoms with Crippen LogP contribution >= 0.6 is 0 Å². The molecule has 1 aliphatic rings. The molecule has 2 rings (SSSR count). The average molecular weight is 251 g/mol. The molecule has 0 aliphatic heterocycles. The third-order valence-electron chi connectivity index (χ3n) is 3.97. The quantitative estimate of drug-likeness (QED) is 0.845. The van der Waals surface area contributed by atoms with E-state index in [1.807, 2.05) is 13.3 Å². The second-order valence-corrected chi connectivity index (χ2v) is 5.44. The Morgan fingerprint density at radius 2 is 2.44 bits per heavy atom. The molecule has 1 fully saturated rings. The highest BCUT2D eigenvalue weighted by Crippen LogP contribution is 2.41. The number of H-pyrrole nitrogens is 1. The van der Waals surface area contributed by atoms with Crippen LogP contribution in [-0.2, 0) is 16.9 Å². The monoisotopic (exact) mass is 251 g/mol. The van der Waals surface area contributed by atoms with E-state index in [0.717, 1.165) is 37.4 Å². The van der Waals surface area contributed by atoms with Crippen LogP contribution < -0.4 is 5.32 Å². The van der Waals surface area contributed by atoms with Crippen molar-refractivity contribution in [1.82, 2.24) is 15.3 Å². The fraction of sp³-hybridized carbons (Fsp3) is 0.786. The van der Waals surface area contributed by atoms with Crippen molar-refractivity contribution < 1.29 is 4.74 Å². The lowest BCUT2D eigenvalue weighted by molar-refractivity contribution is -0.0641. The molecule has 2 atom stereocenters. The predicted octanol–water partition coefficient (Wildman–Crippen LogP) is 2.57. The van der Waals surface area contributed by atoms with Crippen LogP contribution in [0.1, 0.15) is 51.0 Å². The van der Waals surface area contributed by atoms with Crippen molar-refractivity contribution in [1.29, 1.82) is 0 Å². The van der Waals surface area contributed by atoms with Crippen molar-refractivity contribution in [3.63, 3.8) is 0 Å². The van der Waals surface area contributed by atoms with Gasteiger partial charge in [0, 0.05) is 25.5 Å². The molecular formula is C14H25N3O.